The average molecular weight is 585 g/mol. The Kier molecular flexibility index (Phi) is 8.06. The fourth-order valence-electron chi connectivity index (χ4n) is 3.99. The van der Waals surface area contributed by atoms with E-state index >= 15 is 0 Å². The van der Waals surface area contributed by atoms with Gasteiger partial charge in [0.25, 0.3) is 5.91 Å². The van der Waals surface area contributed by atoms with Crippen LogP contribution in [0.5, 0.6) is 0 Å². The predicted octanol–water partition coefficient (Wildman–Crippen LogP) is 6.55. The number of anilines is 2. The van der Waals surface area contributed by atoms with Gasteiger partial charge in [-0.15, -0.1) is 11.3 Å². The zero-order chi connectivity index (χ0) is 29.0. The molecule has 3 aromatic heterocycles. The van der Waals surface area contributed by atoms with Gasteiger partial charge in [0.05, 0.1) is 17.6 Å². The minimum atomic E-state index is -4.39. The second-order valence-corrected chi connectivity index (χ2v) is 10.0. The molecule has 0 saturated carbocycles. The molecule has 5 rings (SSSR count). The molecule has 3 heterocycles. The van der Waals surface area contributed by atoms with Crippen LogP contribution < -0.4 is 16.0 Å². The van der Waals surface area contributed by atoms with Crippen LogP contribution in [0.3, 0.4) is 0 Å². The molecule has 0 fully saturated rings. The van der Waals surface area contributed by atoms with Crippen LogP contribution in [0.2, 0.25) is 0 Å². The van der Waals surface area contributed by atoms with Crippen LogP contribution in [0, 0.1) is 11.6 Å². The molecule has 3 N–H and O–H groups in total. The smallest absolute Gasteiger partial charge is 0.365 e. The van der Waals surface area contributed by atoms with Crippen molar-refractivity contribution in [2.75, 3.05) is 17.2 Å². The summed E-state index contributed by atoms with van der Waals surface area (Å²) in [4.78, 5) is 27.0. The van der Waals surface area contributed by atoms with Crippen molar-refractivity contribution in [3.05, 3.63) is 101 Å². The Balaban J connectivity index is 1.27. The number of carbonyl (C=O) groups is 1. The Morgan fingerprint density at radius 1 is 0.854 bits per heavy atom. The van der Waals surface area contributed by atoms with Crippen molar-refractivity contribution in [3.63, 3.8) is 0 Å². The minimum Gasteiger partial charge on any atom is -0.365 e. The van der Waals surface area contributed by atoms with E-state index in [1.54, 1.807) is 24.3 Å². The summed E-state index contributed by atoms with van der Waals surface area (Å²) in [7, 11) is 0. The van der Waals surface area contributed by atoms with Crippen LogP contribution in [0.1, 0.15) is 20.8 Å². The van der Waals surface area contributed by atoms with Crippen molar-refractivity contribution in [3.8, 4) is 10.4 Å². The molecule has 0 radical (unpaired) electrons. The highest BCUT2D eigenvalue weighted by Gasteiger charge is 2.27. The van der Waals surface area contributed by atoms with E-state index in [4.69, 9.17) is 0 Å². The monoisotopic (exact) mass is 584 g/mol. The predicted molar refractivity (Wildman–Crippen MR) is 146 cm³/mol. The van der Waals surface area contributed by atoms with Gasteiger partial charge in [-0.3, -0.25) is 4.79 Å². The lowest BCUT2D eigenvalue weighted by atomic mass is 10.1. The van der Waals surface area contributed by atoms with E-state index in [2.05, 4.69) is 30.9 Å². The average Bonchev–Trinajstić information content (AvgIpc) is 3.44. The summed E-state index contributed by atoms with van der Waals surface area (Å²) in [5.41, 5.74) is 1.98. The third-order valence-corrected chi connectivity index (χ3v) is 7.09. The third-order valence-electron chi connectivity index (χ3n) is 5.96. The van der Waals surface area contributed by atoms with Gasteiger partial charge < -0.3 is 16.0 Å². The normalized spacial score (nSPS) is 11.4. The van der Waals surface area contributed by atoms with Gasteiger partial charge in [-0.05, 0) is 59.7 Å². The maximum atomic E-state index is 13.5. The number of hydrogen-bond donors (Lipinski definition) is 3. The molecule has 2 aromatic carbocycles. The quantitative estimate of drug-likeness (QED) is 0.170. The second kappa shape index (κ2) is 11.8. The number of pyridine rings is 1. The Bertz CT molecular complexity index is 1710. The Hall–Kier alpha value is -4.65. The molecule has 7 nitrogen and oxygen atoms in total. The lowest BCUT2D eigenvalue weighted by molar-refractivity contribution is -0.115. The highest BCUT2D eigenvalue weighted by molar-refractivity contribution is 7.15. The summed E-state index contributed by atoms with van der Waals surface area (Å²) in [6.45, 7) is -0.862. The van der Waals surface area contributed by atoms with E-state index in [0.29, 0.717) is 28.8 Å². The first-order valence-electron chi connectivity index (χ1n) is 12.2. The van der Waals surface area contributed by atoms with E-state index < -0.39 is 30.3 Å². The number of halogens is 5. The number of hydrogen-bond acceptors (Lipinski definition) is 7. The number of thiophene rings is 1. The molecule has 1 amide bonds. The van der Waals surface area contributed by atoms with E-state index in [9.17, 15) is 26.7 Å². The molecule has 0 unspecified atom stereocenters. The molecule has 210 valence electrons. The summed E-state index contributed by atoms with van der Waals surface area (Å²) in [6.07, 6.45) is -1.64. The van der Waals surface area contributed by atoms with Crippen LogP contribution >= 0.6 is 11.3 Å². The first-order valence-corrected chi connectivity index (χ1v) is 13.0. The number of fused-ring (bicyclic) bond motifs is 1. The van der Waals surface area contributed by atoms with Crippen molar-refractivity contribution in [2.45, 2.75) is 19.3 Å². The first kappa shape index (κ1) is 27.9. The fourth-order valence-corrected chi connectivity index (χ4v) is 4.93. The standard InChI is InChI=1S/C28H21F5N6OS/c29-21-6-3-16(10-22(21)30)12-36-27(40)19-2-1-9-34-25(19)35-13-18-5-8-24(41-18)17-4-7-23-20(11-17)26(39-15-38-23)37-14-28(31,32)33/h1-11,15H,12-14H2,(H,34,35)(H,36,40)(H,37,38,39). The number of carbonyl (C=O) groups excluding carboxylic acids is 1. The van der Waals surface area contributed by atoms with E-state index in [1.165, 1.54) is 29.9 Å². The van der Waals surface area contributed by atoms with Gasteiger partial charge in [-0.2, -0.15) is 13.2 Å². The molecule has 13 heteroatoms. The van der Waals surface area contributed by atoms with Gasteiger partial charge in [-0.1, -0.05) is 12.1 Å². The van der Waals surface area contributed by atoms with Crippen LogP contribution in [-0.2, 0) is 13.1 Å². The Morgan fingerprint density at radius 3 is 2.51 bits per heavy atom. The molecule has 0 saturated heterocycles. The van der Waals surface area contributed by atoms with Crippen LogP contribution in [0.25, 0.3) is 21.3 Å². The minimum absolute atomic E-state index is 0.00287. The SMILES string of the molecule is O=C(NCc1ccc(F)c(F)c1)c1cccnc1NCc1ccc(-c2ccc3ncnc(NCC(F)(F)F)c3c2)s1. The van der Waals surface area contributed by atoms with Gasteiger partial charge in [0.1, 0.15) is 24.5 Å². The van der Waals surface area contributed by atoms with Crippen LogP contribution in [-0.4, -0.2) is 33.6 Å². The second-order valence-electron chi connectivity index (χ2n) is 8.87. The topological polar surface area (TPSA) is 91.8 Å². The summed E-state index contributed by atoms with van der Waals surface area (Å²) in [6, 6.07) is 15.7. The third kappa shape index (κ3) is 6.92. The number of nitrogens with zero attached hydrogens (tertiary/aromatic N) is 3. The lowest BCUT2D eigenvalue weighted by Gasteiger charge is -2.11. The number of amides is 1. The Morgan fingerprint density at radius 2 is 1.71 bits per heavy atom. The summed E-state index contributed by atoms with van der Waals surface area (Å²) >= 11 is 1.46. The highest BCUT2D eigenvalue weighted by atomic mass is 32.1. The van der Waals surface area contributed by atoms with Gasteiger partial charge in [0.15, 0.2) is 11.6 Å². The zero-order valence-corrected chi connectivity index (χ0v) is 21.9. The van der Waals surface area contributed by atoms with E-state index in [-0.39, 0.29) is 17.9 Å². The van der Waals surface area contributed by atoms with Crippen LogP contribution in [0.15, 0.2) is 73.2 Å². The number of nitrogens with one attached hydrogen (secondary N) is 3. The Labute approximate surface area is 234 Å². The van der Waals surface area contributed by atoms with Gasteiger partial charge >= 0.3 is 6.18 Å². The van der Waals surface area contributed by atoms with Crippen molar-refractivity contribution >= 4 is 39.8 Å². The van der Waals surface area contributed by atoms with Crippen LogP contribution in [0.4, 0.5) is 33.6 Å². The largest absolute Gasteiger partial charge is 0.405 e. The summed E-state index contributed by atoms with van der Waals surface area (Å²) < 4.78 is 64.8. The van der Waals surface area contributed by atoms with Crippen molar-refractivity contribution in [2.24, 2.45) is 0 Å². The number of aromatic nitrogens is 3. The summed E-state index contributed by atoms with van der Waals surface area (Å²) in [5, 5.41) is 8.63. The molecule has 0 aliphatic heterocycles. The maximum absolute atomic E-state index is 13.5. The van der Waals surface area contributed by atoms with Gasteiger partial charge in [0, 0.05) is 27.9 Å². The molecular formula is C28H21F5N6OS. The van der Waals surface area contributed by atoms with Crippen molar-refractivity contribution in [1.29, 1.82) is 0 Å². The first-order chi connectivity index (χ1) is 19.7. The van der Waals surface area contributed by atoms with Crippen molar-refractivity contribution in [1.82, 2.24) is 20.3 Å². The molecule has 0 spiro atoms. The molecule has 0 aliphatic carbocycles. The molecule has 41 heavy (non-hydrogen) atoms. The van der Waals surface area contributed by atoms with Gasteiger partial charge in [-0.25, -0.2) is 23.7 Å². The van der Waals surface area contributed by atoms with E-state index in [1.807, 2.05) is 18.2 Å². The number of alkyl halides is 3. The lowest BCUT2D eigenvalue weighted by Crippen LogP contribution is -2.24. The molecular weight excluding hydrogens is 563 g/mol. The number of rotatable bonds is 9. The highest BCUT2D eigenvalue weighted by Crippen LogP contribution is 2.32. The molecule has 0 atom stereocenters. The van der Waals surface area contributed by atoms with Gasteiger partial charge in [0.2, 0.25) is 0 Å². The molecule has 0 aliphatic rings. The summed E-state index contributed by atoms with van der Waals surface area (Å²) in [5.74, 6) is -1.96. The van der Waals surface area contributed by atoms with Crippen molar-refractivity contribution < 1.29 is 26.7 Å². The van der Waals surface area contributed by atoms with E-state index in [0.717, 1.165) is 27.5 Å². The fraction of sp³-hybridized carbons (Fsp3) is 0.143. The maximum Gasteiger partial charge on any atom is 0.405 e. The zero-order valence-electron chi connectivity index (χ0n) is 21.1. The molecule has 5 aromatic rings. The molecule has 0 bridgehead atoms. The number of benzene rings is 2.